The zero-order chi connectivity index (χ0) is 19.2. The van der Waals surface area contributed by atoms with Crippen LogP contribution >= 0.6 is 11.8 Å². The predicted octanol–water partition coefficient (Wildman–Crippen LogP) is 0.969. The number of ether oxygens (including phenoxy) is 1. The third-order valence-electron chi connectivity index (χ3n) is 5.13. The first kappa shape index (κ1) is 17.8. The first-order chi connectivity index (χ1) is 12.9. The van der Waals surface area contributed by atoms with Crippen LogP contribution in [0.1, 0.15) is 19.8 Å². The van der Waals surface area contributed by atoms with Gasteiger partial charge in [-0.25, -0.2) is 4.79 Å². The molecular weight excluding hydrogens is 370 g/mol. The Kier molecular flexibility index (Phi) is 4.33. The van der Waals surface area contributed by atoms with Crippen molar-refractivity contribution in [1.29, 1.82) is 0 Å². The second-order valence-electron chi connectivity index (χ2n) is 6.92. The summed E-state index contributed by atoms with van der Waals surface area (Å²) >= 11 is 1.56. The van der Waals surface area contributed by atoms with Gasteiger partial charge in [-0.05, 0) is 25.5 Å². The number of carbonyl (C=O) groups is 4. The number of hydrogen-bond donors (Lipinski definition) is 1. The standard InChI is InChI=1S/C18H19N3O5S/c1-18-7-6-15(23)21(18)13(10-27-18)17(25)26-9-16(24)20-8-14(22)19-11-4-2-3-5-12(11)20/h2-5,13H,6-10H2,1H3,(H,19,22)/t13-,18+/m0/s1. The van der Waals surface area contributed by atoms with E-state index in [1.54, 1.807) is 40.9 Å². The van der Waals surface area contributed by atoms with E-state index in [-0.39, 0.29) is 23.2 Å². The van der Waals surface area contributed by atoms with Crippen LogP contribution in [0.15, 0.2) is 24.3 Å². The maximum atomic E-state index is 12.6. The van der Waals surface area contributed by atoms with Crippen molar-refractivity contribution in [2.45, 2.75) is 30.7 Å². The summed E-state index contributed by atoms with van der Waals surface area (Å²) in [6.07, 6.45) is 1.13. The van der Waals surface area contributed by atoms with E-state index in [4.69, 9.17) is 4.74 Å². The number of rotatable bonds is 3. The maximum absolute atomic E-state index is 12.6. The molecular formula is C18H19N3O5S. The molecule has 0 bridgehead atoms. The van der Waals surface area contributed by atoms with Crippen molar-refractivity contribution in [3.8, 4) is 0 Å². The van der Waals surface area contributed by atoms with Crippen LogP contribution < -0.4 is 10.2 Å². The fourth-order valence-corrected chi connectivity index (χ4v) is 5.17. The smallest absolute Gasteiger partial charge is 0.330 e. The summed E-state index contributed by atoms with van der Waals surface area (Å²) in [6, 6.07) is 6.28. The number of benzene rings is 1. The zero-order valence-corrected chi connectivity index (χ0v) is 15.6. The van der Waals surface area contributed by atoms with E-state index in [2.05, 4.69) is 5.32 Å². The SMILES string of the molecule is C[C@@]12CCC(=O)N1[C@H](C(=O)OCC(=O)N1CC(=O)Nc3ccccc31)CS2. The Morgan fingerprint density at radius 3 is 2.93 bits per heavy atom. The number of thioether (sulfide) groups is 1. The van der Waals surface area contributed by atoms with E-state index >= 15 is 0 Å². The van der Waals surface area contributed by atoms with Crippen LogP contribution in [-0.2, 0) is 23.9 Å². The van der Waals surface area contributed by atoms with Gasteiger partial charge in [0.25, 0.3) is 5.91 Å². The molecule has 3 aliphatic rings. The number of hydrogen-bond acceptors (Lipinski definition) is 6. The highest BCUT2D eigenvalue weighted by molar-refractivity contribution is 8.01. The lowest BCUT2D eigenvalue weighted by Gasteiger charge is -2.30. The molecule has 3 aliphatic heterocycles. The highest BCUT2D eigenvalue weighted by atomic mass is 32.2. The van der Waals surface area contributed by atoms with Crippen LogP contribution in [-0.4, -0.2) is 58.4 Å². The van der Waals surface area contributed by atoms with E-state index in [9.17, 15) is 19.2 Å². The fraction of sp³-hybridized carbons (Fsp3) is 0.444. The average Bonchev–Trinajstić information content (AvgIpc) is 3.14. The largest absolute Gasteiger partial charge is 0.454 e. The molecule has 9 heteroatoms. The summed E-state index contributed by atoms with van der Waals surface area (Å²) in [5.74, 6) is -0.961. The molecule has 142 valence electrons. The molecule has 2 fully saturated rings. The van der Waals surface area contributed by atoms with Gasteiger partial charge in [-0.2, -0.15) is 0 Å². The number of fused-ring (bicyclic) bond motifs is 2. The van der Waals surface area contributed by atoms with Gasteiger partial charge >= 0.3 is 5.97 Å². The van der Waals surface area contributed by atoms with E-state index < -0.39 is 24.5 Å². The number of nitrogens with one attached hydrogen (secondary N) is 1. The second-order valence-corrected chi connectivity index (χ2v) is 8.42. The molecule has 0 spiro atoms. The van der Waals surface area contributed by atoms with Crippen molar-refractivity contribution < 1.29 is 23.9 Å². The molecule has 0 aliphatic carbocycles. The lowest BCUT2D eigenvalue weighted by Crippen LogP contribution is -2.48. The van der Waals surface area contributed by atoms with Crippen LogP contribution in [0.5, 0.6) is 0 Å². The first-order valence-electron chi connectivity index (χ1n) is 8.71. The molecule has 8 nitrogen and oxygen atoms in total. The molecule has 0 aromatic heterocycles. The molecule has 2 atom stereocenters. The van der Waals surface area contributed by atoms with Gasteiger partial charge in [-0.1, -0.05) is 12.1 Å². The van der Waals surface area contributed by atoms with E-state index in [0.29, 0.717) is 30.0 Å². The van der Waals surface area contributed by atoms with Gasteiger partial charge in [-0.3, -0.25) is 19.3 Å². The van der Waals surface area contributed by atoms with Crippen molar-refractivity contribution in [3.05, 3.63) is 24.3 Å². The van der Waals surface area contributed by atoms with Crippen LogP contribution in [0.4, 0.5) is 11.4 Å². The number of para-hydroxylation sites is 2. The predicted molar refractivity (Wildman–Crippen MR) is 99.1 cm³/mol. The van der Waals surface area contributed by atoms with Crippen molar-refractivity contribution in [2.75, 3.05) is 29.1 Å². The summed E-state index contributed by atoms with van der Waals surface area (Å²) in [5.41, 5.74) is 1.11. The summed E-state index contributed by atoms with van der Waals surface area (Å²) in [4.78, 5) is 51.5. The summed E-state index contributed by atoms with van der Waals surface area (Å²) in [5, 5.41) is 2.70. The Hall–Kier alpha value is -2.55. The van der Waals surface area contributed by atoms with Gasteiger partial charge in [0.15, 0.2) is 6.61 Å². The molecule has 3 amide bonds. The average molecular weight is 389 g/mol. The van der Waals surface area contributed by atoms with E-state index in [0.717, 1.165) is 0 Å². The fourth-order valence-electron chi connectivity index (χ4n) is 3.76. The van der Waals surface area contributed by atoms with E-state index in [1.165, 1.54) is 4.90 Å². The first-order valence-corrected chi connectivity index (χ1v) is 9.70. The molecule has 4 rings (SSSR count). The minimum absolute atomic E-state index is 0.0580. The molecule has 0 unspecified atom stereocenters. The molecule has 27 heavy (non-hydrogen) atoms. The number of carbonyl (C=O) groups excluding carboxylic acids is 4. The van der Waals surface area contributed by atoms with Gasteiger partial charge in [0.2, 0.25) is 11.8 Å². The maximum Gasteiger partial charge on any atom is 0.330 e. The number of anilines is 2. The van der Waals surface area contributed by atoms with Crippen molar-refractivity contribution >= 4 is 46.8 Å². The third-order valence-corrected chi connectivity index (χ3v) is 6.63. The lowest BCUT2D eigenvalue weighted by molar-refractivity contribution is -0.155. The third kappa shape index (κ3) is 3.05. The van der Waals surface area contributed by atoms with Gasteiger partial charge in [-0.15, -0.1) is 11.8 Å². The molecule has 3 heterocycles. The Morgan fingerprint density at radius 1 is 1.33 bits per heavy atom. The topological polar surface area (TPSA) is 96.0 Å². The van der Waals surface area contributed by atoms with Gasteiger partial charge in [0, 0.05) is 12.2 Å². The molecule has 2 saturated heterocycles. The Bertz CT molecular complexity index is 844. The van der Waals surface area contributed by atoms with Crippen LogP contribution in [0.25, 0.3) is 0 Å². The van der Waals surface area contributed by atoms with Crippen LogP contribution in [0.2, 0.25) is 0 Å². The quantitative estimate of drug-likeness (QED) is 0.774. The minimum atomic E-state index is -0.667. The number of nitrogens with zero attached hydrogens (tertiary/aromatic N) is 2. The molecule has 1 aromatic rings. The molecule has 0 radical (unpaired) electrons. The number of esters is 1. The lowest BCUT2D eigenvalue weighted by atomic mass is 10.2. The molecule has 1 N–H and O–H groups in total. The normalized spacial score (nSPS) is 26.5. The highest BCUT2D eigenvalue weighted by Gasteiger charge is 2.53. The van der Waals surface area contributed by atoms with Gasteiger partial charge in [0.05, 0.1) is 16.2 Å². The Morgan fingerprint density at radius 2 is 2.11 bits per heavy atom. The Balaban J connectivity index is 1.42. The second kappa shape index (κ2) is 6.56. The molecule has 0 saturated carbocycles. The number of amides is 3. The van der Waals surface area contributed by atoms with Gasteiger partial charge < -0.3 is 15.0 Å². The summed E-state index contributed by atoms with van der Waals surface area (Å²) in [6.45, 7) is 1.35. The summed E-state index contributed by atoms with van der Waals surface area (Å²) < 4.78 is 5.22. The van der Waals surface area contributed by atoms with Crippen molar-refractivity contribution in [2.24, 2.45) is 0 Å². The zero-order valence-electron chi connectivity index (χ0n) is 14.8. The van der Waals surface area contributed by atoms with Crippen molar-refractivity contribution in [3.63, 3.8) is 0 Å². The molecule has 1 aromatic carbocycles. The monoisotopic (exact) mass is 389 g/mol. The van der Waals surface area contributed by atoms with Crippen LogP contribution in [0, 0.1) is 0 Å². The van der Waals surface area contributed by atoms with Crippen molar-refractivity contribution in [1.82, 2.24) is 4.90 Å². The van der Waals surface area contributed by atoms with Gasteiger partial charge in [0.1, 0.15) is 12.6 Å². The Labute approximate surface area is 160 Å². The highest BCUT2D eigenvalue weighted by Crippen LogP contribution is 2.47. The van der Waals surface area contributed by atoms with Crippen LogP contribution in [0.3, 0.4) is 0 Å². The minimum Gasteiger partial charge on any atom is -0.454 e. The summed E-state index contributed by atoms with van der Waals surface area (Å²) in [7, 11) is 0. The van der Waals surface area contributed by atoms with E-state index in [1.807, 2.05) is 6.92 Å².